The topological polar surface area (TPSA) is 84.1 Å². The van der Waals surface area contributed by atoms with Gasteiger partial charge in [0.1, 0.15) is 5.82 Å². The van der Waals surface area contributed by atoms with Crippen molar-refractivity contribution in [1.82, 2.24) is 9.97 Å². The number of hydrogen-bond donors (Lipinski definition) is 2. The number of thioether (sulfide) groups is 1. The van der Waals surface area contributed by atoms with Gasteiger partial charge in [-0.1, -0.05) is 54.9 Å². The van der Waals surface area contributed by atoms with Crippen LogP contribution in [0.4, 0.5) is 5.82 Å². The highest BCUT2D eigenvalue weighted by Crippen LogP contribution is 2.40. The molecule has 2 N–H and O–H groups in total. The molecular formula is C21H25N3O3S. The van der Waals surface area contributed by atoms with Gasteiger partial charge >= 0.3 is 5.97 Å². The van der Waals surface area contributed by atoms with Crippen molar-refractivity contribution in [2.75, 3.05) is 18.2 Å². The van der Waals surface area contributed by atoms with Crippen molar-refractivity contribution in [3.8, 4) is 0 Å². The quantitative estimate of drug-likeness (QED) is 0.331. The molecule has 1 atom stereocenters. The summed E-state index contributed by atoms with van der Waals surface area (Å²) in [5.41, 5.74) is 3.19. The molecule has 6 nitrogen and oxygen atoms in total. The maximum absolute atomic E-state index is 13.0. The average molecular weight is 400 g/mol. The summed E-state index contributed by atoms with van der Waals surface area (Å²) < 4.78 is 5.01. The van der Waals surface area contributed by atoms with Crippen molar-refractivity contribution in [2.24, 2.45) is 0 Å². The first-order valence-electron chi connectivity index (χ1n) is 9.36. The number of H-pyrrole nitrogens is 1. The molecule has 1 aliphatic rings. The second kappa shape index (κ2) is 8.65. The molecule has 1 aromatic heterocycles. The van der Waals surface area contributed by atoms with Crippen molar-refractivity contribution < 1.29 is 9.53 Å². The third kappa shape index (κ3) is 3.99. The van der Waals surface area contributed by atoms with Crippen LogP contribution in [-0.4, -0.2) is 28.8 Å². The van der Waals surface area contributed by atoms with Crippen LogP contribution >= 0.6 is 11.8 Å². The molecule has 0 fully saturated rings. The lowest BCUT2D eigenvalue weighted by Crippen LogP contribution is -2.31. The Labute approximate surface area is 168 Å². The number of anilines is 1. The lowest BCUT2D eigenvalue weighted by atomic mass is 9.82. The molecule has 7 heteroatoms. The van der Waals surface area contributed by atoms with Crippen LogP contribution < -0.4 is 10.9 Å². The highest BCUT2D eigenvalue weighted by atomic mass is 32.2. The van der Waals surface area contributed by atoms with E-state index in [1.54, 1.807) is 0 Å². The normalized spacial score (nSPS) is 15.8. The smallest absolute Gasteiger partial charge is 0.336 e. The van der Waals surface area contributed by atoms with E-state index in [-0.39, 0.29) is 5.56 Å². The Balaban J connectivity index is 2.15. The Bertz CT molecular complexity index is 981. The van der Waals surface area contributed by atoms with Gasteiger partial charge in [-0.25, -0.2) is 9.78 Å². The molecule has 0 bridgehead atoms. The molecule has 1 aromatic carbocycles. The minimum absolute atomic E-state index is 0.239. The highest BCUT2D eigenvalue weighted by Gasteiger charge is 2.36. The number of ether oxygens (including phenoxy) is 1. The number of esters is 1. The molecule has 0 spiro atoms. The van der Waals surface area contributed by atoms with E-state index < -0.39 is 11.9 Å². The third-order valence-electron chi connectivity index (χ3n) is 4.74. The fraction of sp³-hybridized carbons (Fsp3) is 0.381. The SMILES string of the molecule is CCCCSc1nc2c(c(=O)[nH]1)[C@@H](c1cccc(C)c1)C(C(=O)OC)=C(C)N2. The monoisotopic (exact) mass is 399 g/mol. The molecule has 28 heavy (non-hydrogen) atoms. The van der Waals surface area contributed by atoms with Crippen LogP contribution in [0.2, 0.25) is 0 Å². The zero-order chi connectivity index (χ0) is 20.3. The molecule has 0 saturated heterocycles. The van der Waals surface area contributed by atoms with Crippen LogP contribution in [-0.2, 0) is 9.53 Å². The minimum Gasteiger partial charge on any atom is -0.466 e. The summed E-state index contributed by atoms with van der Waals surface area (Å²) in [5, 5.41) is 3.73. The fourth-order valence-electron chi connectivity index (χ4n) is 3.38. The number of unbranched alkanes of at least 4 members (excludes halogenated alkanes) is 1. The molecule has 0 saturated carbocycles. The summed E-state index contributed by atoms with van der Waals surface area (Å²) >= 11 is 1.53. The number of nitrogens with one attached hydrogen (secondary N) is 2. The van der Waals surface area contributed by atoms with Crippen LogP contribution in [0.5, 0.6) is 0 Å². The maximum Gasteiger partial charge on any atom is 0.336 e. The molecular weight excluding hydrogens is 374 g/mol. The summed E-state index contributed by atoms with van der Waals surface area (Å²) in [7, 11) is 1.35. The summed E-state index contributed by atoms with van der Waals surface area (Å²) in [6.45, 7) is 5.92. The van der Waals surface area contributed by atoms with Crippen molar-refractivity contribution >= 4 is 23.5 Å². The minimum atomic E-state index is -0.533. The van der Waals surface area contributed by atoms with Gasteiger partial charge in [0.2, 0.25) is 0 Å². The molecule has 148 valence electrons. The molecule has 2 aromatic rings. The Morgan fingerprint density at radius 3 is 2.79 bits per heavy atom. The number of methoxy groups -OCH3 is 1. The standard InChI is InChI=1S/C21H25N3O3S/c1-5-6-10-28-21-23-18-17(19(25)24-21)16(14-9-7-8-12(2)11-14)15(13(3)22-18)20(26)27-4/h7-9,11,16H,5-6,10H2,1-4H3,(H2,22,23,24,25)/t16-/m0/s1. The number of fused-ring (bicyclic) bond motifs is 1. The first-order valence-corrected chi connectivity index (χ1v) is 10.3. The Morgan fingerprint density at radius 1 is 1.32 bits per heavy atom. The maximum atomic E-state index is 13.0. The summed E-state index contributed by atoms with van der Waals surface area (Å²) in [6.07, 6.45) is 2.14. The van der Waals surface area contributed by atoms with E-state index in [4.69, 9.17) is 4.74 Å². The predicted octanol–water partition coefficient (Wildman–Crippen LogP) is 3.97. The molecule has 0 radical (unpaired) electrons. The average Bonchev–Trinajstić information content (AvgIpc) is 2.66. The summed E-state index contributed by atoms with van der Waals surface area (Å²) in [5.74, 6) is 0.402. The first kappa shape index (κ1) is 20.2. The fourth-order valence-corrected chi connectivity index (χ4v) is 4.32. The van der Waals surface area contributed by atoms with Gasteiger partial charge in [-0.3, -0.25) is 4.79 Å². The largest absolute Gasteiger partial charge is 0.466 e. The number of benzene rings is 1. The molecule has 0 amide bonds. The van der Waals surface area contributed by atoms with Gasteiger partial charge in [0, 0.05) is 11.4 Å². The van der Waals surface area contributed by atoms with E-state index in [1.165, 1.54) is 18.9 Å². The van der Waals surface area contributed by atoms with E-state index in [0.29, 0.717) is 27.8 Å². The van der Waals surface area contributed by atoms with Gasteiger partial charge < -0.3 is 15.0 Å². The lowest BCUT2D eigenvalue weighted by Gasteiger charge is -2.28. The van der Waals surface area contributed by atoms with E-state index in [1.807, 2.05) is 38.1 Å². The van der Waals surface area contributed by atoms with Gasteiger partial charge in [-0.2, -0.15) is 0 Å². The van der Waals surface area contributed by atoms with Crippen LogP contribution in [0.25, 0.3) is 0 Å². The number of nitrogens with zero attached hydrogens (tertiary/aromatic N) is 1. The Morgan fingerprint density at radius 2 is 2.11 bits per heavy atom. The van der Waals surface area contributed by atoms with Crippen molar-refractivity contribution in [1.29, 1.82) is 0 Å². The van der Waals surface area contributed by atoms with Crippen LogP contribution in [0.15, 0.2) is 45.5 Å². The molecule has 0 aliphatic carbocycles. The number of carbonyl (C=O) groups is 1. The second-order valence-corrected chi connectivity index (χ2v) is 7.92. The van der Waals surface area contributed by atoms with E-state index in [9.17, 15) is 9.59 Å². The predicted molar refractivity (Wildman–Crippen MR) is 112 cm³/mol. The second-order valence-electron chi connectivity index (χ2n) is 6.84. The van der Waals surface area contributed by atoms with Gasteiger partial charge in [-0.15, -0.1) is 0 Å². The number of aromatic nitrogens is 2. The highest BCUT2D eigenvalue weighted by molar-refractivity contribution is 7.99. The van der Waals surface area contributed by atoms with Gasteiger partial charge in [0.15, 0.2) is 5.16 Å². The van der Waals surface area contributed by atoms with Crippen molar-refractivity contribution in [2.45, 2.75) is 44.7 Å². The first-order chi connectivity index (χ1) is 13.5. The van der Waals surface area contributed by atoms with Gasteiger partial charge in [0.25, 0.3) is 5.56 Å². The Hall–Kier alpha value is -2.54. The number of carbonyl (C=O) groups excluding carboxylic acids is 1. The van der Waals surface area contributed by atoms with E-state index in [2.05, 4.69) is 22.2 Å². The third-order valence-corrected chi connectivity index (χ3v) is 5.70. The van der Waals surface area contributed by atoms with Gasteiger partial charge in [-0.05, 0) is 25.8 Å². The molecule has 3 rings (SSSR count). The van der Waals surface area contributed by atoms with Crippen molar-refractivity contribution in [3.05, 3.63) is 62.6 Å². The van der Waals surface area contributed by atoms with Crippen LogP contribution in [0, 0.1) is 6.92 Å². The zero-order valence-corrected chi connectivity index (χ0v) is 17.4. The summed E-state index contributed by atoms with van der Waals surface area (Å²) in [4.78, 5) is 33.1. The lowest BCUT2D eigenvalue weighted by molar-refractivity contribution is -0.136. The number of rotatable bonds is 6. The van der Waals surface area contributed by atoms with E-state index >= 15 is 0 Å². The number of allylic oxidation sites excluding steroid dienone is 1. The van der Waals surface area contributed by atoms with Crippen LogP contribution in [0.1, 0.15) is 49.3 Å². The zero-order valence-electron chi connectivity index (χ0n) is 16.6. The van der Waals surface area contributed by atoms with Gasteiger partial charge in [0.05, 0.1) is 24.2 Å². The Kier molecular flexibility index (Phi) is 6.24. The number of hydrogen-bond acceptors (Lipinski definition) is 6. The van der Waals surface area contributed by atoms with E-state index in [0.717, 1.165) is 29.7 Å². The van der Waals surface area contributed by atoms with Crippen molar-refractivity contribution in [3.63, 3.8) is 0 Å². The number of aryl methyl sites for hydroxylation is 1. The molecule has 0 unspecified atom stereocenters. The number of aromatic amines is 1. The molecule has 2 heterocycles. The summed E-state index contributed by atoms with van der Waals surface area (Å²) in [6, 6.07) is 7.81. The molecule has 1 aliphatic heterocycles. The van der Waals surface area contributed by atoms with Crippen LogP contribution in [0.3, 0.4) is 0 Å².